The van der Waals surface area contributed by atoms with Crippen molar-refractivity contribution >= 4 is 17.5 Å². The number of carbonyl (C=O) groups excluding carboxylic acids is 1. The van der Waals surface area contributed by atoms with Gasteiger partial charge in [0.15, 0.2) is 5.16 Å². The molecule has 4 heteroatoms. The number of hydrogen-bond donors (Lipinski definition) is 0. The van der Waals surface area contributed by atoms with Gasteiger partial charge in [-0.15, -0.1) is 0 Å². The quantitative estimate of drug-likeness (QED) is 0.652. The van der Waals surface area contributed by atoms with E-state index in [9.17, 15) is 4.79 Å². The maximum absolute atomic E-state index is 11.3. The topological polar surface area (TPSA) is 34.9 Å². The van der Waals surface area contributed by atoms with Crippen LogP contribution in [0.1, 0.15) is 6.92 Å². The van der Waals surface area contributed by atoms with E-state index in [1.807, 2.05) is 43.4 Å². The van der Waals surface area contributed by atoms with Gasteiger partial charge in [-0.05, 0) is 6.92 Å². The van der Waals surface area contributed by atoms with Crippen molar-refractivity contribution in [3.8, 4) is 22.5 Å². The SMILES string of the molecule is CC(=O)CSc1nc(-c2ccccc2)c(-c2ccccc2)n1C. The Morgan fingerprint density at radius 2 is 1.57 bits per heavy atom. The van der Waals surface area contributed by atoms with E-state index < -0.39 is 0 Å². The monoisotopic (exact) mass is 322 g/mol. The lowest BCUT2D eigenvalue weighted by Gasteiger charge is -2.07. The van der Waals surface area contributed by atoms with Crippen LogP contribution in [0.25, 0.3) is 22.5 Å². The van der Waals surface area contributed by atoms with Crippen LogP contribution < -0.4 is 0 Å². The van der Waals surface area contributed by atoms with Crippen LogP contribution in [-0.4, -0.2) is 21.1 Å². The number of aromatic nitrogens is 2. The molecule has 0 saturated carbocycles. The van der Waals surface area contributed by atoms with Crippen molar-refractivity contribution in [3.05, 3.63) is 60.7 Å². The zero-order valence-corrected chi connectivity index (χ0v) is 14.0. The van der Waals surface area contributed by atoms with E-state index in [0.717, 1.165) is 27.7 Å². The number of Topliss-reactive ketones (excluding diaryl/α,β-unsaturated/α-hetero) is 1. The molecule has 0 saturated heterocycles. The standard InChI is InChI=1S/C19H18N2OS/c1-14(22)13-23-19-20-17(15-9-5-3-6-10-15)18(21(19)2)16-11-7-4-8-12-16/h3-12H,13H2,1-2H3. The molecule has 3 nitrogen and oxygen atoms in total. The van der Waals surface area contributed by atoms with E-state index in [-0.39, 0.29) is 5.78 Å². The molecule has 0 spiro atoms. The van der Waals surface area contributed by atoms with Crippen molar-refractivity contribution in [2.45, 2.75) is 12.1 Å². The van der Waals surface area contributed by atoms with Crippen LogP contribution in [0.4, 0.5) is 0 Å². The van der Waals surface area contributed by atoms with Crippen molar-refractivity contribution in [2.24, 2.45) is 7.05 Å². The first-order chi connectivity index (χ1) is 11.2. The van der Waals surface area contributed by atoms with E-state index in [0.29, 0.717) is 5.75 Å². The lowest BCUT2D eigenvalue weighted by Crippen LogP contribution is -1.98. The maximum Gasteiger partial charge on any atom is 0.169 e. The predicted octanol–water partition coefficient (Wildman–Crippen LogP) is 4.44. The average molecular weight is 322 g/mol. The van der Waals surface area contributed by atoms with Crippen molar-refractivity contribution in [1.82, 2.24) is 9.55 Å². The number of benzene rings is 2. The Morgan fingerprint density at radius 3 is 2.13 bits per heavy atom. The number of imidazole rings is 1. The number of ketones is 1. The largest absolute Gasteiger partial charge is 0.322 e. The average Bonchev–Trinajstić information content (AvgIpc) is 2.91. The lowest BCUT2D eigenvalue weighted by molar-refractivity contribution is -0.114. The number of hydrogen-bond acceptors (Lipinski definition) is 3. The Kier molecular flexibility index (Phi) is 4.63. The molecule has 0 fully saturated rings. The van der Waals surface area contributed by atoms with Crippen molar-refractivity contribution in [1.29, 1.82) is 0 Å². The molecule has 2 aromatic carbocycles. The number of carbonyl (C=O) groups is 1. The minimum Gasteiger partial charge on any atom is -0.322 e. The Hall–Kier alpha value is -2.33. The predicted molar refractivity (Wildman–Crippen MR) is 95.5 cm³/mol. The number of rotatable bonds is 5. The highest BCUT2D eigenvalue weighted by Crippen LogP contribution is 2.34. The highest BCUT2D eigenvalue weighted by molar-refractivity contribution is 7.99. The Balaban J connectivity index is 2.13. The summed E-state index contributed by atoms with van der Waals surface area (Å²) < 4.78 is 2.07. The molecule has 0 aliphatic carbocycles. The fourth-order valence-electron chi connectivity index (χ4n) is 2.50. The zero-order valence-electron chi connectivity index (χ0n) is 13.2. The van der Waals surface area contributed by atoms with Crippen LogP contribution in [0.3, 0.4) is 0 Å². The highest BCUT2D eigenvalue weighted by Gasteiger charge is 2.18. The number of nitrogens with zero attached hydrogens (tertiary/aromatic N) is 2. The first-order valence-electron chi connectivity index (χ1n) is 7.46. The van der Waals surface area contributed by atoms with E-state index in [2.05, 4.69) is 28.8 Å². The molecule has 0 radical (unpaired) electrons. The summed E-state index contributed by atoms with van der Waals surface area (Å²) in [6.07, 6.45) is 0. The summed E-state index contributed by atoms with van der Waals surface area (Å²) in [6, 6.07) is 20.4. The molecule has 0 amide bonds. The van der Waals surface area contributed by atoms with Gasteiger partial charge in [-0.3, -0.25) is 4.79 Å². The molecule has 0 bridgehead atoms. The molecule has 0 atom stereocenters. The summed E-state index contributed by atoms with van der Waals surface area (Å²) in [4.78, 5) is 16.1. The van der Waals surface area contributed by atoms with Crippen LogP contribution in [0.15, 0.2) is 65.8 Å². The van der Waals surface area contributed by atoms with Crippen molar-refractivity contribution < 1.29 is 4.79 Å². The smallest absolute Gasteiger partial charge is 0.169 e. The van der Waals surface area contributed by atoms with Gasteiger partial charge in [-0.25, -0.2) is 4.98 Å². The van der Waals surface area contributed by atoms with Gasteiger partial charge in [0, 0.05) is 18.2 Å². The summed E-state index contributed by atoms with van der Waals surface area (Å²) in [5.74, 6) is 0.591. The number of thioether (sulfide) groups is 1. The fraction of sp³-hybridized carbons (Fsp3) is 0.158. The molecule has 1 aromatic heterocycles. The van der Waals surface area contributed by atoms with E-state index >= 15 is 0 Å². The summed E-state index contributed by atoms with van der Waals surface area (Å²) >= 11 is 1.48. The van der Waals surface area contributed by atoms with Crippen LogP contribution in [0, 0.1) is 0 Å². The second-order valence-electron chi connectivity index (χ2n) is 5.37. The van der Waals surface area contributed by atoms with Gasteiger partial charge in [0.2, 0.25) is 0 Å². The molecule has 0 aliphatic heterocycles. The third-order valence-electron chi connectivity index (χ3n) is 3.55. The normalized spacial score (nSPS) is 10.7. The molecular weight excluding hydrogens is 304 g/mol. The second kappa shape index (κ2) is 6.84. The second-order valence-corrected chi connectivity index (χ2v) is 6.32. The van der Waals surface area contributed by atoms with Crippen LogP contribution >= 0.6 is 11.8 Å². The first-order valence-corrected chi connectivity index (χ1v) is 8.45. The third-order valence-corrected chi connectivity index (χ3v) is 4.73. The summed E-state index contributed by atoms with van der Waals surface area (Å²) in [5.41, 5.74) is 4.22. The maximum atomic E-state index is 11.3. The summed E-state index contributed by atoms with van der Waals surface area (Å²) in [6.45, 7) is 1.60. The molecule has 3 aromatic rings. The van der Waals surface area contributed by atoms with E-state index in [1.54, 1.807) is 6.92 Å². The fourth-order valence-corrected chi connectivity index (χ4v) is 3.27. The minimum absolute atomic E-state index is 0.153. The molecule has 1 heterocycles. The molecular formula is C19H18N2OS. The van der Waals surface area contributed by atoms with E-state index in [4.69, 9.17) is 4.98 Å². The first kappa shape index (κ1) is 15.6. The van der Waals surface area contributed by atoms with Gasteiger partial charge in [0.1, 0.15) is 5.78 Å². The highest BCUT2D eigenvalue weighted by atomic mass is 32.2. The van der Waals surface area contributed by atoms with Crippen LogP contribution in [-0.2, 0) is 11.8 Å². The summed E-state index contributed by atoms with van der Waals surface area (Å²) in [7, 11) is 2.00. The van der Waals surface area contributed by atoms with Gasteiger partial charge in [0.05, 0.1) is 17.1 Å². The van der Waals surface area contributed by atoms with Crippen LogP contribution in [0.2, 0.25) is 0 Å². The Labute approximate surface area is 140 Å². The van der Waals surface area contributed by atoms with Gasteiger partial charge in [-0.1, -0.05) is 72.4 Å². The van der Waals surface area contributed by atoms with Gasteiger partial charge in [0.25, 0.3) is 0 Å². The van der Waals surface area contributed by atoms with Gasteiger partial charge < -0.3 is 4.57 Å². The minimum atomic E-state index is 0.153. The lowest BCUT2D eigenvalue weighted by atomic mass is 10.1. The van der Waals surface area contributed by atoms with Crippen LogP contribution in [0.5, 0.6) is 0 Å². The Morgan fingerprint density at radius 1 is 1.00 bits per heavy atom. The Bertz CT molecular complexity index is 810. The zero-order chi connectivity index (χ0) is 16.2. The molecule has 116 valence electrons. The van der Waals surface area contributed by atoms with Gasteiger partial charge >= 0.3 is 0 Å². The van der Waals surface area contributed by atoms with E-state index in [1.165, 1.54) is 11.8 Å². The molecule has 0 aliphatic rings. The molecule has 3 rings (SSSR count). The molecule has 23 heavy (non-hydrogen) atoms. The van der Waals surface area contributed by atoms with Crippen molar-refractivity contribution in [2.75, 3.05) is 5.75 Å². The molecule has 0 N–H and O–H groups in total. The molecule has 0 unspecified atom stereocenters. The van der Waals surface area contributed by atoms with Gasteiger partial charge in [-0.2, -0.15) is 0 Å². The summed E-state index contributed by atoms with van der Waals surface area (Å²) in [5, 5.41) is 0.859. The van der Waals surface area contributed by atoms with Crippen molar-refractivity contribution in [3.63, 3.8) is 0 Å². The third kappa shape index (κ3) is 3.37.